The number of aliphatic hydroxyl groups is 1. The molecule has 2 aliphatic heterocycles. The van der Waals surface area contributed by atoms with E-state index in [1.165, 1.54) is 0 Å². The van der Waals surface area contributed by atoms with E-state index in [1.807, 2.05) is 24.3 Å². The van der Waals surface area contributed by atoms with Crippen molar-refractivity contribution in [1.29, 1.82) is 0 Å². The number of β-amino-alcohol motifs (C(OH)–C–C–N with tert-alkyl or cyclic N) is 1. The highest BCUT2D eigenvalue weighted by Gasteiger charge is 2.53. The van der Waals surface area contributed by atoms with Crippen LogP contribution in [0.1, 0.15) is 17.9 Å². The molecule has 0 bridgehead atoms. The summed E-state index contributed by atoms with van der Waals surface area (Å²) < 4.78 is 11.2. The molecule has 2 saturated heterocycles. The Morgan fingerprint density at radius 2 is 2.41 bits per heavy atom. The van der Waals surface area contributed by atoms with E-state index in [0.29, 0.717) is 26.1 Å². The summed E-state index contributed by atoms with van der Waals surface area (Å²) >= 11 is 0. The molecular formula is C16H22N2O4. The van der Waals surface area contributed by atoms with Crippen molar-refractivity contribution in [3.63, 3.8) is 0 Å². The van der Waals surface area contributed by atoms with Gasteiger partial charge in [0.05, 0.1) is 26.8 Å². The van der Waals surface area contributed by atoms with Crippen molar-refractivity contribution in [2.75, 3.05) is 33.4 Å². The number of methoxy groups -OCH3 is 1. The van der Waals surface area contributed by atoms with E-state index in [1.54, 1.807) is 12.0 Å². The molecule has 6 nitrogen and oxygen atoms in total. The number of hydrogen-bond acceptors (Lipinski definition) is 5. The minimum Gasteiger partial charge on any atom is -0.497 e. The van der Waals surface area contributed by atoms with Gasteiger partial charge in [0.15, 0.2) is 0 Å². The van der Waals surface area contributed by atoms with Crippen LogP contribution in [0.5, 0.6) is 5.75 Å². The molecular weight excluding hydrogens is 284 g/mol. The summed E-state index contributed by atoms with van der Waals surface area (Å²) in [5.41, 5.74) is 5.87. The lowest BCUT2D eigenvalue weighted by molar-refractivity contribution is -0.129. The van der Waals surface area contributed by atoms with Crippen LogP contribution < -0.4 is 10.5 Å². The van der Waals surface area contributed by atoms with Gasteiger partial charge in [-0.15, -0.1) is 0 Å². The molecule has 2 heterocycles. The Kier molecular flexibility index (Phi) is 4.08. The van der Waals surface area contributed by atoms with E-state index < -0.39 is 11.7 Å². The van der Waals surface area contributed by atoms with Gasteiger partial charge in [0.1, 0.15) is 17.5 Å². The summed E-state index contributed by atoms with van der Waals surface area (Å²) in [4.78, 5) is 13.3. The van der Waals surface area contributed by atoms with Crippen molar-refractivity contribution < 1.29 is 19.4 Å². The lowest BCUT2D eigenvalue weighted by atomic mass is 9.87. The van der Waals surface area contributed by atoms with E-state index in [4.69, 9.17) is 15.2 Å². The van der Waals surface area contributed by atoms with Crippen molar-refractivity contribution in [3.8, 4) is 5.75 Å². The number of benzene rings is 1. The zero-order chi connectivity index (χ0) is 15.7. The molecule has 1 amide bonds. The Bertz CT molecular complexity index is 565. The van der Waals surface area contributed by atoms with Crippen molar-refractivity contribution in [3.05, 3.63) is 29.8 Å². The summed E-state index contributed by atoms with van der Waals surface area (Å²) in [5, 5.41) is 10.4. The largest absolute Gasteiger partial charge is 0.497 e. The molecule has 1 aromatic carbocycles. The standard InChI is InChI=1S/C16H22N2O4/c1-21-13-4-2-3-11(5-13)12-6-16(22-9-12)10-18(8-14(16)19)15(20)7-17/h2-5,12,14,19H,6-10,17H2,1H3/t12-,14-,16-/m1/s1. The predicted molar refractivity (Wildman–Crippen MR) is 80.7 cm³/mol. The van der Waals surface area contributed by atoms with Gasteiger partial charge in [-0.05, 0) is 24.1 Å². The summed E-state index contributed by atoms with van der Waals surface area (Å²) in [6, 6.07) is 7.90. The maximum absolute atomic E-state index is 11.8. The van der Waals surface area contributed by atoms with Crippen LogP contribution in [-0.4, -0.2) is 61.0 Å². The Balaban J connectivity index is 1.75. The first-order valence-corrected chi connectivity index (χ1v) is 7.52. The molecule has 0 radical (unpaired) electrons. The Labute approximate surface area is 129 Å². The highest BCUT2D eigenvalue weighted by atomic mass is 16.5. The number of amides is 1. The fourth-order valence-corrected chi connectivity index (χ4v) is 3.44. The first-order valence-electron chi connectivity index (χ1n) is 7.52. The minimum atomic E-state index is -0.668. The van der Waals surface area contributed by atoms with E-state index in [9.17, 15) is 9.90 Å². The number of likely N-dealkylation sites (tertiary alicyclic amines) is 1. The van der Waals surface area contributed by atoms with Crippen LogP contribution in [0.4, 0.5) is 0 Å². The third-order valence-corrected chi connectivity index (χ3v) is 4.72. The first kappa shape index (κ1) is 15.3. The third-order valence-electron chi connectivity index (χ3n) is 4.72. The fourth-order valence-electron chi connectivity index (χ4n) is 3.44. The van der Waals surface area contributed by atoms with E-state index in [-0.39, 0.29) is 18.4 Å². The number of carbonyl (C=O) groups is 1. The van der Waals surface area contributed by atoms with Gasteiger partial charge in [-0.1, -0.05) is 12.1 Å². The highest BCUT2D eigenvalue weighted by Crippen LogP contribution is 2.42. The van der Waals surface area contributed by atoms with Crippen LogP contribution in [0.2, 0.25) is 0 Å². The highest BCUT2D eigenvalue weighted by molar-refractivity contribution is 5.78. The SMILES string of the molecule is COc1cccc([C@H]2CO[C@]3(C2)CN(C(=O)CN)C[C@H]3O)c1. The minimum absolute atomic E-state index is 0.0396. The van der Waals surface area contributed by atoms with Crippen molar-refractivity contribution in [2.24, 2.45) is 5.73 Å². The lowest BCUT2D eigenvalue weighted by Crippen LogP contribution is -2.41. The van der Waals surface area contributed by atoms with E-state index in [2.05, 4.69) is 0 Å². The topological polar surface area (TPSA) is 85.0 Å². The van der Waals surface area contributed by atoms with Gasteiger partial charge in [0.25, 0.3) is 0 Å². The van der Waals surface area contributed by atoms with Crippen molar-refractivity contribution in [2.45, 2.75) is 24.0 Å². The zero-order valence-corrected chi connectivity index (χ0v) is 12.7. The van der Waals surface area contributed by atoms with Gasteiger partial charge in [-0.3, -0.25) is 4.79 Å². The molecule has 1 aromatic rings. The normalized spacial score (nSPS) is 31.0. The van der Waals surface area contributed by atoms with Crippen LogP contribution >= 0.6 is 0 Å². The Morgan fingerprint density at radius 1 is 1.59 bits per heavy atom. The molecule has 3 N–H and O–H groups in total. The van der Waals surface area contributed by atoms with Gasteiger partial charge in [-0.2, -0.15) is 0 Å². The molecule has 120 valence electrons. The Hall–Kier alpha value is -1.63. The number of rotatable bonds is 3. The number of aliphatic hydroxyl groups excluding tert-OH is 1. The summed E-state index contributed by atoms with van der Waals surface area (Å²) in [5.74, 6) is 0.854. The second kappa shape index (κ2) is 5.87. The second-order valence-corrected chi connectivity index (χ2v) is 6.05. The number of nitrogens with two attached hydrogens (primary N) is 1. The monoisotopic (exact) mass is 306 g/mol. The van der Waals surface area contributed by atoms with Crippen LogP contribution in [-0.2, 0) is 9.53 Å². The Morgan fingerprint density at radius 3 is 3.14 bits per heavy atom. The van der Waals surface area contributed by atoms with Gasteiger partial charge in [-0.25, -0.2) is 0 Å². The molecule has 0 aliphatic carbocycles. The third kappa shape index (κ3) is 2.58. The van der Waals surface area contributed by atoms with Gasteiger partial charge in [0.2, 0.25) is 5.91 Å². The van der Waals surface area contributed by atoms with Crippen LogP contribution in [0.25, 0.3) is 0 Å². The molecule has 6 heteroatoms. The number of nitrogens with zero attached hydrogens (tertiary/aromatic N) is 1. The predicted octanol–water partition coefficient (Wildman–Crippen LogP) is 0.0997. The molecule has 0 saturated carbocycles. The molecule has 3 rings (SSSR count). The smallest absolute Gasteiger partial charge is 0.236 e. The van der Waals surface area contributed by atoms with Crippen molar-refractivity contribution in [1.82, 2.24) is 4.90 Å². The molecule has 2 fully saturated rings. The van der Waals surface area contributed by atoms with Crippen molar-refractivity contribution >= 4 is 5.91 Å². The lowest BCUT2D eigenvalue weighted by Gasteiger charge is -2.25. The van der Waals surface area contributed by atoms with Gasteiger partial charge >= 0.3 is 0 Å². The average molecular weight is 306 g/mol. The molecule has 3 atom stereocenters. The maximum atomic E-state index is 11.8. The van der Waals surface area contributed by atoms with Crippen LogP contribution in [0, 0.1) is 0 Å². The van der Waals surface area contributed by atoms with E-state index >= 15 is 0 Å². The molecule has 2 aliphatic rings. The van der Waals surface area contributed by atoms with Crippen LogP contribution in [0.15, 0.2) is 24.3 Å². The average Bonchev–Trinajstić information content (AvgIpc) is 3.12. The summed E-state index contributed by atoms with van der Waals surface area (Å²) in [6.07, 6.45) is 0.0222. The molecule has 1 spiro atoms. The number of hydrogen-bond donors (Lipinski definition) is 2. The zero-order valence-electron chi connectivity index (χ0n) is 12.7. The summed E-state index contributed by atoms with van der Waals surface area (Å²) in [7, 11) is 1.64. The first-order chi connectivity index (χ1) is 10.6. The van der Waals surface area contributed by atoms with Gasteiger partial charge in [0, 0.05) is 12.5 Å². The molecule has 0 unspecified atom stereocenters. The van der Waals surface area contributed by atoms with Gasteiger partial charge < -0.3 is 25.2 Å². The quantitative estimate of drug-likeness (QED) is 0.827. The molecule has 0 aromatic heterocycles. The van der Waals surface area contributed by atoms with Crippen LogP contribution in [0.3, 0.4) is 0 Å². The second-order valence-electron chi connectivity index (χ2n) is 6.05. The molecule has 22 heavy (non-hydrogen) atoms. The fraction of sp³-hybridized carbons (Fsp3) is 0.562. The maximum Gasteiger partial charge on any atom is 0.236 e. The number of ether oxygens (including phenoxy) is 2. The summed E-state index contributed by atoms with van der Waals surface area (Å²) in [6.45, 7) is 1.20. The number of carbonyl (C=O) groups excluding carboxylic acids is 1. The van der Waals surface area contributed by atoms with E-state index in [0.717, 1.165) is 11.3 Å².